The van der Waals surface area contributed by atoms with Gasteiger partial charge in [0.15, 0.2) is 0 Å². The van der Waals surface area contributed by atoms with Crippen LogP contribution in [0.3, 0.4) is 0 Å². The van der Waals surface area contributed by atoms with Crippen molar-refractivity contribution in [2.45, 2.75) is 13.5 Å². The maximum Gasteiger partial charge on any atom is 0.254 e. The normalized spacial score (nSPS) is 11.0. The number of H-pyrrole nitrogens is 1. The SMILES string of the molecule is COc1cccc(NCc2cc3c(-c4ccc(C)cc4)nn(-c4ccccc4)c3[nH]c2=O)c1. The van der Waals surface area contributed by atoms with Crippen molar-refractivity contribution in [1.82, 2.24) is 14.8 Å². The molecule has 6 nitrogen and oxygen atoms in total. The van der Waals surface area contributed by atoms with E-state index in [2.05, 4.69) is 41.5 Å². The van der Waals surface area contributed by atoms with Gasteiger partial charge in [0, 0.05) is 34.8 Å². The van der Waals surface area contributed by atoms with Crippen LogP contribution in [0.25, 0.3) is 28.0 Å². The summed E-state index contributed by atoms with van der Waals surface area (Å²) in [7, 11) is 1.63. The summed E-state index contributed by atoms with van der Waals surface area (Å²) in [5.41, 5.74) is 5.93. The minimum absolute atomic E-state index is 0.148. The molecule has 6 heteroatoms. The highest BCUT2D eigenvalue weighted by atomic mass is 16.5. The topological polar surface area (TPSA) is 71.9 Å². The molecule has 2 heterocycles. The molecule has 0 saturated carbocycles. The van der Waals surface area contributed by atoms with Crippen LogP contribution >= 0.6 is 0 Å². The molecule has 0 amide bonds. The van der Waals surface area contributed by atoms with Crippen LogP contribution in [0.2, 0.25) is 0 Å². The van der Waals surface area contributed by atoms with Gasteiger partial charge in [-0.15, -0.1) is 0 Å². The van der Waals surface area contributed by atoms with E-state index in [1.165, 1.54) is 5.56 Å². The molecular formula is C27H24N4O2. The summed E-state index contributed by atoms with van der Waals surface area (Å²) in [5, 5.41) is 9.10. The quantitative estimate of drug-likeness (QED) is 0.378. The molecule has 0 aliphatic rings. The van der Waals surface area contributed by atoms with E-state index in [4.69, 9.17) is 9.84 Å². The minimum atomic E-state index is -0.148. The number of ether oxygens (including phenoxy) is 1. The number of benzene rings is 3. The number of aromatic amines is 1. The van der Waals surface area contributed by atoms with Gasteiger partial charge < -0.3 is 15.0 Å². The van der Waals surface area contributed by atoms with E-state index in [0.29, 0.717) is 17.8 Å². The second-order valence-corrected chi connectivity index (χ2v) is 7.93. The Hall–Kier alpha value is -4.32. The molecular weight excluding hydrogens is 412 g/mol. The van der Waals surface area contributed by atoms with Gasteiger partial charge in [0.2, 0.25) is 0 Å². The number of anilines is 1. The van der Waals surface area contributed by atoms with Crippen LogP contribution in [0.15, 0.2) is 89.7 Å². The van der Waals surface area contributed by atoms with Crippen LogP contribution in [0.1, 0.15) is 11.1 Å². The summed E-state index contributed by atoms with van der Waals surface area (Å²) in [4.78, 5) is 16.1. The van der Waals surface area contributed by atoms with Crippen molar-refractivity contribution < 1.29 is 4.74 Å². The van der Waals surface area contributed by atoms with Crippen LogP contribution in [0, 0.1) is 6.92 Å². The van der Waals surface area contributed by atoms with E-state index in [0.717, 1.165) is 33.8 Å². The number of hydrogen-bond donors (Lipinski definition) is 2. The highest BCUT2D eigenvalue weighted by molar-refractivity contribution is 5.92. The van der Waals surface area contributed by atoms with Gasteiger partial charge in [-0.25, -0.2) is 4.68 Å². The highest BCUT2D eigenvalue weighted by Gasteiger charge is 2.16. The first-order chi connectivity index (χ1) is 16.1. The van der Waals surface area contributed by atoms with Gasteiger partial charge >= 0.3 is 0 Å². The van der Waals surface area contributed by atoms with Crippen molar-refractivity contribution in [2.75, 3.05) is 12.4 Å². The fourth-order valence-electron chi connectivity index (χ4n) is 3.86. The standard InChI is InChI=1S/C27H24N4O2/c1-18-11-13-19(14-12-18)25-24-15-20(17-28-21-7-6-10-23(16-21)33-2)27(32)29-26(24)31(30-25)22-8-4-3-5-9-22/h3-16,28H,17H2,1-2H3,(H,29,32). The molecule has 3 aromatic carbocycles. The Morgan fingerprint density at radius 2 is 1.76 bits per heavy atom. The fraction of sp³-hybridized carbons (Fsp3) is 0.111. The number of methoxy groups -OCH3 is 1. The second kappa shape index (κ2) is 8.67. The van der Waals surface area contributed by atoms with Gasteiger partial charge in [0.1, 0.15) is 17.1 Å². The Labute approximate surface area is 191 Å². The summed E-state index contributed by atoms with van der Waals surface area (Å²) < 4.78 is 7.08. The van der Waals surface area contributed by atoms with Gasteiger partial charge in [-0.3, -0.25) is 4.79 Å². The summed E-state index contributed by atoms with van der Waals surface area (Å²) in [5.74, 6) is 0.759. The Morgan fingerprint density at radius 1 is 0.970 bits per heavy atom. The zero-order chi connectivity index (χ0) is 22.8. The Kier molecular flexibility index (Phi) is 5.40. The summed E-state index contributed by atoms with van der Waals surface area (Å²) in [6.45, 7) is 2.44. The molecule has 0 atom stereocenters. The summed E-state index contributed by atoms with van der Waals surface area (Å²) in [6, 6.07) is 27.7. The first-order valence-corrected chi connectivity index (χ1v) is 10.8. The van der Waals surface area contributed by atoms with Gasteiger partial charge in [-0.1, -0.05) is 54.1 Å². The first-order valence-electron chi connectivity index (χ1n) is 10.8. The van der Waals surface area contributed by atoms with Gasteiger partial charge in [-0.05, 0) is 37.3 Å². The molecule has 5 rings (SSSR count). The molecule has 0 unspecified atom stereocenters. The van der Waals surface area contributed by atoms with E-state index >= 15 is 0 Å². The lowest BCUT2D eigenvalue weighted by atomic mass is 10.1. The van der Waals surface area contributed by atoms with E-state index in [-0.39, 0.29) is 5.56 Å². The molecule has 2 N–H and O–H groups in total. The number of pyridine rings is 1. The van der Waals surface area contributed by atoms with Crippen molar-refractivity contribution in [3.8, 4) is 22.7 Å². The van der Waals surface area contributed by atoms with Crippen molar-refractivity contribution in [3.63, 3.8) is 0 Å². The summed E-state index contributed by atoms with van der Waals surface area (Å²) in [6.07, 6.45) is 0. The lowest BCUT2D eigenvalue weighted by Gasteiger charge is -2.08. The predicted molar refractivity (Wildman–Crippen MR) is 132 cm³/mol. The summed E-state index contributed by atoms with van der Waals surface area (Å²) >= 11 is 0. The van der Waals surface area contributed by atoms with Gasteiger partial charge in [0.05, 0.1) is 12.8 Å². The van der Waals surface area contributed by atoms with E-state index in [9.17, 15) is 4.79 Å². The Balaban J connectivity index is 1.61. The number of nitrogens with zero attached hydrogens (tertiary/aromatic N) is 2. The third-order valence-electron chi connectivity index (χ3n) is 5.64. The molecule has 0 aliphatic heterocycles. The van der Waals surface area contributed by atoms with E-state index < -0.39 is 0 Å². The zero-order valence-corrected chi connectivity index (χ0v) is 18.5. The lowest BCUT2D eigenvalue weighted by Crippen LogP contribution is -2.16. The van der Waals surface area contributed by atoms with Gasteiger partial charge in [0.25, 0.3) is 5.56 Å². The van der Waals surface area contributed by atoms with E-state index in [1.807, 2.05) is 60.7 Å². The monoisotopic (exact) mass is 436 g/mol. The molecule has 2 aromatic heterocycles. The number of rotatable bonds is 6. The first kappa shape index (κ1) is 20.6. The third-order valence-corrected chi connectivity index (χ3v) is 5.64. The largest absolute Gasteiger partial charge is 0.497 e. The number of aryl methyl sites for hydroxylation is 1. The molecule has 0 fully saturated rings. The van der Waals surface area contributed by atoms with Crippen LogP contribution in [-0.2, 0) is 6.54 Å². The molecule has 0 spiro atoms. The maximum atomic E-state index is 13.0. The predicted octanol–water partition coefficient (Wildman–Crippen LogP) is 5.31. The minimum Gasteiger partial charge on any atom is -0.497 e. The van der Waals surface area contributed by atoms with Crippen molar-refractivity contribution in [2.24, 2.45) is 0 Å². The number of fused-ring (bicyclic) bond motifs is 1. The molecule has 0 aliphatic carbocycles. The van der Waals surface area contributed by atoms with Crippen LogP contribution < -0.4 is 15.6 Å². The molecule has 164 valence electrons. The highest BCUT2D eigenvalue weighted by Crippen LogP contribution is 2.29. The van der Waals surface area contributed by atoms with Crippen molar-refractivity contribution in [3.05, 3.63) is 106 Å². The number of hydrogen-bond acceptors (Lipinski definition) is 4. The third kappa shape index (κ3) is 4.11. The van der Waals surface area contributed by atoms with Crippen molar-refractivity contribution in [1.29, 1.82) is 0 Å². The Morgan fingerprint density at radius 3 is 2.52 bits per heavy atom. The smallest absolute Gasteiger partial charge is 0.254 e. The van der Waals surface area contributed by atoms with Crippen LogP contribution in [0.4, 0.5) is 5.69 Å². The maximum absolute atomic E-state index is 13.0. The fourth-order valence-corrected chi connectivity index (χ4v) is 3.86. The van der Waals surface area contributed by atoms with E-state index in [1.54, 1.807) is 11.8 Å². The van der Waals surface area contributed by atoms with Crippen LogP contribution in [0.5, 0.6) is 5.75 Å². The van der Waals surface area contributed by atoms with Crippen molar-refractivity contribution >= 4 is 16.7 Å². The van der Waals surface area contributed by atoms with Gasteiger partial charge in [-0.2, -0.15) is 5.10 Å². The average molecular weight is 437 g/mol. The molecule has 0 saturated heterocycles. The Bertz CT molecular complexity index is 1470. The molecule has 0 radical (unpaired) electrons. The molecule has 5 aromatic rings. The average Bonchev–Trinajstić information content (AvgIpc) is 3.22. The lowest BCUT2D eigenvalue weighted by molar-refractivity contribution is 0.415. The number of aromatic nitrogens is 3. The number of para-hydroxylation sites is 1. The molecule has 33 heavy (non-hydrogen) atoms. The number of nitrogens with one attached hydrogen (secondary N) is 2. The second-order valence-electron chi connectivity index (χ2n) is 7.93. The molecule has 0 bridgehead atoms. The zero-order valence-electron chi connectivity index (χ0n) is 18.5. The van der Waals surface area contributed by atoms with Crippen LogP contribution in [-0.4, -0.2) is 21.9 Å².